The zero-order chi connectivity index (χ0) is 24.6. The first-order chi connectivity index (χ1) is 17.3. The Kier molecular flexibility index (Phi) is 14.4. The zero-order valence-corrected chi connectivity index (χ0v) is 24.8. The van der Waals surface area contributed by atoms with Gasteiger partial charge < -0.3 is 0 Å². The van der Waals surface area contributed by atoms with Gasteiger partial charge in [-0.3, -0.25) is 0 Å². The predicted octanol–water partition coefficient (Wildman–Crippen LogP) is 12.6. The molecular weight excluding hydrogens is 481 g/mol. The molecule has 194 valence electrons. The molecule has 1 atom stereocenters. The third-order valence-electron chi connectivity index (χ3n) is 7.26. The fraction of sp³-hybridized carbons (Fsp3) is 0.625. The summed E-state index contributed by atoms with van der Waals surface area (Å²) < 4.78 is 0. The Morgan fingerprint density at radius 1 is 0.600 bits per heavy atom. The lowest BCUT2D eigenvalue weighted by Crippen LogP contribution is -2.04. The second-order valence-corrected chi connectivity index (χ2v) is 13.3. The summed E-state index contributed by atoms with van der Waals surface area (Å²) in [4.78, 5) is 5.89. The van der Waals surface area contributed by atoms with Gasteiger partial charge in [-0.05, 0) is 47.4 Å². The average molecular weight is 529 g/mol. The van der Waals surface area contributed by atoms with E-state index in [0.717, 1.165) is 5.92 Å². The van der Waals surface area contributed by atoms with Crippen molar-refractivity contribution in [1.29, 1.82) is 0 Å². The maximum Gasteiger partial charge on any atom is 0.0529 e. The molecule has 0 nitrogen and oxygen atoms in total. The third-order valence-corrected chi connectivity index (χ3v) is 10.4. The van der Waals surface area contributed by atoms with E-state index in [9.17, 15) is 0 Å². The molecule has 3 aromatic rings. The summed E-state index contributed by atoms with van der Waals surface area (Å²) in [5, 5.41) is 4.45. The highest BCUT2D eigenvalue weighted by Crippen LogP contribution is 2.42. The van der Waals surface area contributed by atoms with Crippen LogP contribution >= 0.6 is 34.0 Å². The fourth-order valence-corrected chi connectivity index (χ4v) is 8.16. The van der Waals surface area contributed by atoms with Crippen LogP contribution in [0.2, 0.25) is 0 Å². The minimum Gasteiger partial charge on any atom is -0.143 e. The molecule has 3 heteroatoms. The molecule has 3 rings (SSSR count). The Balaban J connectivity index is 1.50. The number of unbranched alkanes of at least 4 members (excludes halogenated alkanes) is 12. The smallest absolute Gasteiger partial charge is 0.0529 e. The van der Waals surface area contributed by atoms with E-state index in [0.29, 0.717) is 0 Å². The molecule has 35 heavy (non-hydrogen) atoms. The summed E-state index contributed by atoms with van der Waals surface area (Å²) in [7, 11) is 0. The maximum absolute atomic E-state index is 2.43. The molecule has 0 N–H and O–H groups in total. The van der Waals surface area contributed by atoms with Crippen LogP contribution in [0.3, 0.4) is 0 Å². The van der Waals surface area contributed by atoms with Crippen molar-refractivity contribution in [2.45, 2.75) is 123 Å². The molecule has 0 amide bonds. The molecule has 0 aromatic carbocycles. The SMILES string of the molecule is CCCCCCCCCCC(CCCCCCCC)Cc1ccc(-c2ccsc2-c2cccs2)s1. The molecule has 0 radical (unpaired) electrons. The third kappa shape index (κ3) is 10.5. The summed E-state index contributed by atoms with van der Waals surface area (Å²) >= 11 is 5.79. The summed E-state index contributed by atoms with van der Waals surface area (Å²) in [6.45, 7) is 4.62. The standard InChI is InChI=1S/C32H48S3/c1-3-5-7-9-11-12-14-16-19-27(18-15-13-10-8-6-4-2)26-28-21-22-30(35-28)29-23-25-34-32(29)31-20-17-24-33-31/h17,20-25,27H,3-16,18-19,26H2,1-2H3. The van der Waals surface area contributed by atoms with Gasteiger partial charge in [0.25, 0.3) is 0 Å². The molecule has 1 unspecified atom stereocenters. The molecule has 0 saturated heterocycles. The first-order valence-electron chi connectivity index (χ1n) is 14.5. The fourth-order valence-electron chi connectivity index (χ4n) is 5.15. The van der Waals surface area contributed by atoms with E-state index in [1.54, 1.807) is 4.88 Å². The molecule has 0 aliphatic carbocycles. The van der Waals surface area contributed by atoms with Crippen LogP contribution in [0, 0.1) is 5.92 Å². The van der Waals surface area contributed by atoms with Gasteiger partial charge in [0.15, 0.2) is 0 Å². The quantitative estimate of drug-likeness (QED) is 0.128. The van der Waals surface area contributed by atoms with Gasteiger partial charge >= 0.3 is 0 Å². The summed E-state index contributed by atoms with van der Waals surface area (Å²) in [6.07, 6.45) is 24.0. The van der Waals surface area contributed by atoms with Gasteiger partial charge in [0, 0.05) is 20.2 Å². The molecular formula is C32H48S3. The molecule has 0 spiro atoms. The van der Waals surface area contributed by atoms with Gasteiger partial charge in [0.05, 0.1) is 4.88 Å². The van der Waals surface area contributed by atoms with E-state index in [4.69, 9.17) is 0 Å². The largest absolute Gasteiger partial charge is 0.143 e. The normalized spacial score (nSPS) is 12.4. The van der Waals surface area contributed by atoms with E-state index in [-0.39, 0.29) is 0 Å². The van der Waals surface area contributed by atoms with E-state index in [1.807, 2.05) is 34.0 Å². The van der Waals surface area contributed by atoms with E-state index < -0.39 is 0 Å². The van der Waals surface area contributed by atoms with Crippen LogP contribution in [0.15, 0.2) is 41.1 Å². The zero-order valence-electron chi connectivity index (χ0n) is 22.4. The summed E-state index contributed by atoms with van der Waals surface area (Å²) in [5.41, 5.74) is 1.43. The van der Waals surface area contributed by atoms with Gasteiger partial charge in [0.2, 0.25) is 0 Å². The van der Waals surface area contributed by atoms with Crippen molar-refractivity contribution in [3.63, 3.8) is 0 Å². The Labute approximate surface area is 228 Å². The van der Waals surface area contributed by atoms with E-state index in [1.165, 1.54) is 129 Å². The number of thiophene rings is 3. The molecule has 0 fully saturated rings. The minimum absolute atomic E-state index is 0.868. The van der Waals surface area contributed by atoms with Crippen LogP contribution in [-0.2, 0) is 6.42 Å². The Hall–Kier alpha value is -0.900. The van der Waals surface area contributed by atoms with Crippen molar-refractivity contribution in [2.24, 2.45) is 5.92 Å². The van der Waals surface area contributed by atoms with Crippen molar-refractivity contribution < 1.29 is 0 Å². The van der Waals surface area contributed by atoms with Gasteiger partial charge in [-0.2, -0.15) is 0 Å². The highest BCUT2D eigenvalue weighted by Gasteiger charge is 2.15. The molecule has 0 saturated carbocycles. The summed E-state index contributed by atoms with van der Waals surface area (Å²) in [6, 6.07) is 11.6. The lowest BCUT2D eigenvalue weighted by atomic mass is 9.91. The Morgan fingerprint density at radius 3 is 1.83 bits per heavy atom. The Bertz CT molecular complexity index is 886. The second kappa shape index (κ2) is 17.5. The Morgan fingerprint density at radius 2 is 1.23 bits per heavy atom. The molecule has 3 aromatic heterocycles. The van der Waals surface area contributed by atoms with Gasteiger partial charge in [-0.1, -0.05) is 123 Å². The number of rotatable bonds is 20. The molecule has 0 aliphatic rings. The molecule has 3 heterocycles. The predicted molar refractivity (Wildman–Crippen MR) is 163 cm³/mol. The van der Waals surface area contributed by atoms with Crippen LogP contribution < -0.4 is 0 Å². The first-order valence-corrected chi connectivity index (χ1v) is 17.1. The van der Waals surface area contributed by atoms with Crippen LogP contribution in [0.4, 0.5) is 0 Å². The number of hydrogen-bond acceptors (Lipinski definition) is 3. The van der Waals surface area contributed by atoms with E-state index in [2.05, 4.69) is 54.9 Å². The van der Waals surface area contributed by atoms with Crippen LogP contribution in [0.25, 0.3) is 20.2 Å². The van der Waals surface area contributed by atoms with Crippen molar-refractivity contribution in [2.75, 3.05) is 0 Å². The van der Waals surface area contributed by atoms with Crippen LogP contribution in [0.1, 0.15) is 121 Å². The highest BCUT2D eigenvalue weighted by atomic mass is 32.1. The van der Waals surface area contributed by atoms with Gasteiger partial charge in [-0.15, -0.1) is 34.0 Å². The van der Waals surface area contributed by atoms with Gasteiger partial charge in [-0.25, -0.2) is 0 Å². The average Bonchev–Trinajstić information content (AvgIpc) is 3.64. The van der Waals surface area contributed by atoms with Crippen molar-refractivity contribution in [3.8, 4) is 20.2 Å². The molecule has 0 bridgehead atoms. The summed E-state index contributed by atoms with van der Waals surface area (Å²) in [5.74, 6) is 0.868. The topological polar surface area (TPSA) is 0 Å². The lowest BCUT2D eigenvalue weighted by Gasteiger charge is -2.16. The van der Waals surface area contributed by atoms with Crippen molar-refractivity contribution >= 4 is 34.0 Å². The number of hydrogen-bond donors (Lipinski definition) is 0. The maximum atomic E-state index is 2.43. The van der Waals surface area contributed by atoms with E-state index >= 15 is 0 Å². The second-order valence-electron chi connectivity index (χ2n) is 10.3. The molecule has 0 aliphatic heterocycles. The highest BCUT2D eigenvalue weighted by molar-refractivity contribution is 7.21. The van der Waals surface area contributed by atoms with Crippen molar-refractivity contribution in [1.82, 2.24) is 0 Å². The van der Waals surface area contributed by atoms with Crippen molar-refractivity contribution in [3.05, 3.63) is 46.0 Å². The first kappa shape index (κ1) is 28.7. The van der Waals surface area contributed by atoms with Crippen LogP contribution in [-0.4, -0.2) is 0 Å². The minimum atomic E-state index is 0.868. The lowest BCUT2D eigenvalue weighted by molar-refractivity contribution is 0.402. The monoisotopic (exact) mass is 528 g/mol. The van der Waals surface area contributed by atoms with Crippen LogP contribution in [0.5, 0.6) is 0 Å². The van der Waals surface area contributed by atoms with Gasteiger partial charge in [0.1, 0.15) is 0 Å².